The Hall–Kier alpha value is -1.89. The number of hydrogen-bond acceptors (Lipinski definition) is 4. The van der Waals surface area contributed by atoms with Crippen LogP contribution in [0.25, 0.3) is 0 Å². The van der Waals surface area contributed by atoms with Crippen LogP contribution in [-0.2, 0) is 16.6 Å². The minimum absolute atomic E-state index is 0.140. The second-order valence-electron chi connectivity index (χ2n) is 8.26. The third-order valence-corrected chi connectivity index (χ3v) is 7.92. The van der Waals surface area contributed by atoms with Crippen molar-refractivity contribution in [2.75, 3.05) is 33.3 Å². The molecular weight excluding hydrogens is 372 g/mol. The lowest BCUT2D eigenvalue weighted by Gasteiger charge is -2.44. The van der Waals surface area contributed by atoms with Crippen LogP contribution >= 0.6 is 0 Å². The standard InChI is InChI=1S/C22H28N2O3S/c1-18-7-9-19(10-8-18)15-24-13-11-22(12-14-24)16-23(2)28(25,26)21-6-4-3-5-20(21)27-17-22/h3-10H,11-17H2,1-2H3. The highest BCUT2D eigenvalue weighted by Crippen LogP contribution is 2.38. The van der Waals surface area contributed by atoms with Gasteiger partial charge in [-0.3, -0.25) is 4.90 Å². The van der Waals surface area contributed by atoms with Gasteiger partial charge in [0.15, 0.2) is 0 Å². The smallest absolute Gasteiger partial charge is 0.246 e. The number of sulfonamides is 1. The van der Waals surface area contributed by atoms with Crippen LogP contribution < -0.4 is 4.74 Å². The van der Waals surface area contributed by atoms with E-state index < -0.39 is 10.0 Å². The molecule has 0 atom stereocenters. The molecular formula is C22H28N2O3S. The summed E-state index contributed by atoms with van der Waals surface area (Å²) in [6.07, 6.45) is 1.86. The van der Waals surface area contributed by atoms with E-state index in [2.05, 4.69) is 36.1 Å². The van der Waals surface area contributed by atoms with Crippen LogP contribution in [0.1, 0.15) is 24.0 Å². The summed E-state index contributed by atoms with van der Waals surface area (Å²) in [5.41, 5.74) is 2.46. The molecule has 1 fully saturated rings. The van der Waals surface area contributed by atoms with Gasteiger partial charge in [-0.05, 0) is 50.6 Å². The lowest BCUT2D eigenvalue weighted by Crippen LogP contribution is -2.50. The number of para-hydroxylation sites is 1. The summed E-state index contributed by atoms with van der Waals surface area (Å²) in [5, 5.41) is 0. The van der Waals surface area contributed by atoms with Gasteiger partial charge < -0.3 is 4.74 Å². The van der Waals surface area contributed by atoms with E-state index in [0.717, 1.165) is 32.5 Å². The Morgan fingerprint density at radius 3 is 2.43 bits per heavy atom. The van der Waals surface area contributed by atoms with E-state index in [9.17, 15) is 8.42 Å². The van der Waals surface area contributed by atoms with Crippen molar-refractivity contribution in [1.29, 1.82) is 0 Å². The van der Waals surface area contributed by atoms with Gasteiger partial charge in [-0.1, -0.05) is 42.0 Å². The summed E-state index contributed by atoms with van der Waals surface area (Å²) in [5.74, 6) is 0.468. The van der Waals surface area contributed by atoms with Crippen molar-refractivity contribution >= 4 is 10.0 Å². The maximum atomic E-state index is 13.0. The summed E-state index contributed by atoms with van der Waals surface area (Å²) < 4.78 is 33.5. The van der Waals surface area contributed by atoms with Gasteiger partial charge >= 0.3 is 0 Å². The number of fused-ring (bicyclic) bond motifs is 1. The molecule has 0 amide bonds. The molecule has 0 N–H and O–H groups in total. The second-order valence-corrected chi connectivity index (χ2v) is 10.3. The Labute approximate surface area is 168 Å². The largest absolute Gasteiger partial charge is 0.492 e. The van der Waals surface area contributed by atoms with Crippen molar-refractivity contribution in [3.8, 4) is 5.75 Å². The van der Waals surface area contributed by atoms with E-state index in [1.54, 1.807) is 25.2 Å². The lowest BCUT2D eigenvalue weighted by atomic mass is 9.78. The SMILES string of the molecule is Cc1ccc(CN2CCC3(CC2)COc2ccccc2S(=O)(=O)N(C)C3)cc1. The molecule has 0 aromatic heterocycles. The number of ether oxygens (including phenoxy) is 1. The number of hydrogen-bond donors (Lipinski definition) is 0. The lowest BCUT2D eigenvalue weighted by molar-refractivity contribution is 0.0361. The summed E-state index contributed by atoms with van der Waals surface area (Å²) in [6, 6.07) is 15.6. The van der Waals surface area contributed by atoms with Crippen LogP contribution in [0.15, 0.2) is 53.4 Å². The Morgan fingerprint density at radius 2 is 1.71 bits per heavy atom. The molecule has 0 unspecified atom stereocenters. The predicted octanol–water partition coefficient (Wildman–Crippen LogP) is 3.29. The first-order chi connectivity index (χ1) is 13.4. The molecule has 0 radical (unpaired) electrons. The maximum Gasteiger partial charge on any atom is 0.246 e. The van der Waals surface area contributed by atoms with Crippen LogP contribution in [0.4, 0.5) is 0 Å². The van der Waals surface area contributed by atoms with E-state index in [4.69, 9.17) is 4.74 Å². The number of likely N-dealkylation sites (tertiary alicyclic amines) is 1. The molecule has 0 aliphatic carbocycles. The summed E-state index contributed by atoms with van der Waals surface area (Å²) in [7, 11) is -1.84. The molecule has 0 bridgehead atoms. The molecule has 150 valence electrons. The summed E-state index contributed by atoms with van der Waals surface area (Å²) in [6.45, 7) is 6.00. The average Bonchev–Trinajstić information content (AvgIpc) is 2.69. The van der Waals surface area contributed by atoms with Gasteiger partial charge in [-0.15, -0.1) is 0 Å². The Morgan fingerprint density at radius 1 is 1.04 bits per heavy atom. The molecule has 1 spiro atoms. The average molecular weight is 401 g/mol. The van der Waals surface area contributed by atoms with Crippen LogP contribution in [0, 0.1) is 12.3 Å². The van der Waals surface area contributed by atoms with Crippen molar-refractivity contribution < 1.29 is 13.2 Å². The molecule has 2 heterocycles. The molecule has 2 aliphatic heterocycles. The van der Waals surface area contributed by atoms with E-state index >= 15 is 0 Å². The van der Waals surface area contributed by atoms with Gasteiger partial charge in [0.1, 0.15) is 10.6 Å². The number of aryl methyl sites for hydroxylation is 1. The van der Waals surface area contributed by atoms with Crippen molar-refractivity contribution in [3.63, 3.8) is 0 Å². The summed E-state index contributed by atoms with van der Waals surface area (Å²) in [4.78, 5) is 2.72. The van der Waals surface area contributed by atoms with E-state index in [-0.39, 0.29) is 10.3 Å². The molecule has 5 nitrogen and oxygen atoms in total. The van der Waals surface area contributed by atoms with Gasteiger partial charge in [-0.2, -0.15) is 0 Å². The van der Waals surface area contributed by atoms with Crippen molar-refractivity contribution in [3.05, 3.63) is 59.7 Å². The fourth-order valence-electron chi connectivity index (χ4n) is 4.22. The van der Waals surface area contributed by atoms with Gasteiger partial charge in [0.25, 0.3) is 0 Å². The zero-order valence-electron chi connectivity index (χ0n) is 16.6. The minimum Gasteiger partial charge on any atom is -0.492 e. The molecule has 2 aliphatic rings. The second kappa shape index (κ2) is 7.50. The minimum atomic E-state index is -3.53. The molecule has 0 saturated carbocycles. The highest BCUT2D eigenvalue weighted by Gasteiger charge is 2.41. The third-order valence-electron chi connectivity index (χ3n) is 6.07. The normalized spacial score (nSPS) is 22.1. The number of benzene rings is 2. The van der Waals surface area contributed by atoms with E-state index in [1.165, 1.54) is 15.4 Å². The summed E-state index contributed by atoms with van der Waals surface area (Å²) >= 11 is 0. The van der Waals surface area contributed by atoms with Gasteiger partial charge in [-0.25, -0.2) is 12.7 Å². The fraction of sp³-hybridized carbons (Fsp3) is 0.455. The molecule has 28 heavy (non-hydrogen) atoms. The number of rotatable bonds is 2. The van der Waals surface area contributed by atoms with Crippen molar-refractivity contribution in [2.45, 2.75) is 31.2 Å². The molecule has 6 heteroatoms. The van der Waals surface area contributed by atoms with Crippen molar-refractivity contribution in [1.82, 2.24) is 9.21 Å². The van der Waals surface area contributed by atoms with Gasteiger partial charge in [0.05, 0.1) is 6.61 Å². The quantitative estimate of drug-likeness (QED) is 0.776. The van der Waals surface area contributed by atoms with E-state index in [1.807, 2.05) is 6.07 Å². The first-order valence-corrected chi connectivity index (χ1v) is 11.3. The molecule has 2 aromatic carbocycles. The zero-order valence-corrected chi connectivity index (χ0v) is 17.4. The Balaban J connectivity index is 1.48. The van der Waals surface area contributed by atoms with Gasteiger partial charge in [0, 0.05) is 25.6 Å². The zero-order chi connectivity index (χ0) is 19.8. The van der Waals surface area contributed by atoms with Crippen LogP contribution in [-0.4, -0.2) is 50.9 Å². The van der Waals surface area contributed by atoms with Crippen molar-refractivity contribution in [2.24, 2.45) is 5.41 Å². The molecule has 1 saturated heterocycles. The fourth-order valence-corrected chi connectivity index (χ4v) is 5.64. The Bertz CT molecular complexity index is 933. The molecule has 2 aromatic rings. The third kappa shape index (κ3) is 3.81. The predicted molar refractivity (Wildman–Crippen MR) is 110 cm³/mol. The highest BCUT2D eigenvalue weighted by atomic mass is 32.2. The van der Waals surface area contributed by atoms with E-state index in [0.29, 0.717) is 18.9 Å². The van der Waals surface area contributed by atoms with Crippen LogP contribution in [0.5, 0.6) is 5.75 Å². The monoisotopic (exact) mass is 400 g/mol. The first kappa shape index (κ1) is 19.4. The first-order valence-electron chi connectivity index (χ1n) is 9.84. The Kier molecular flexibility index (Phi) is 5.21. The maximum absolute atomic E-state index is 13.0. The number of nitrogens with zero attached hydrogens (tertiary/aromatic N) is 2. The number of piperidine rings is 1. The topological polar surface area (TPSA) is 49.9 Å². The van der Waals surface area contributed by atoms with Crippen LogP contribution in [0.2, 0.25) is 0 Å². The van der Waals surface area contributed by atoms with Crippen LogP contribution in [0.3, 0.4) is 0 Å². The molecule has 4 rings (SSSR count). The highest BCUT2D eigenvalue weighted by molar-refractivity contribution is 7.89. The van der Waals surface area contributed by atoms with Gasteiger partial charge in [0.2, 0.25) is 10.0 Å².